The first-order valence-corrected chi connectivity index (χ1v) is 15.7. The lowest BCUT2D eigenvalue weighted by Gasteiger charge is -2.38. The summed E-state index contributed by atoms with van der Waals surface area (Å²) in [7, 11) is 0. The molecule has 3 amide bonds. The van der Waals surface area contributed by atoms with Crippen molar-refractivity contribution in [2.75, 3.05) is 39.4 Å². The first-order chi connectivity index (χ1) is 21.8. The molecule has 10 atom stereocenters. The highest BCUT2D eigenvalue weighted by atomic mass is 16.7. The Labute approximate surface area is 268 Å². The Hall–Kier alpha value is -2.32. The van der Waals surface area contributed by atoms with Gasteiger partial charge in [-0.3, -0.25) is 19.2 Å². The van der Waals surface area contributed by atoms with Gasteiger partial charge in [0.15, 0.2) is 12.6 Å². The second-order valence-electron chi connectivity index (χ2n) is 11.5. The van der Waals surface area contributed by atoms with E-state index in [0.717, 1.165) is 11.3 Å². The molecule has 0 radical (unpaired) electrons. The second-order valence-corrected chi connectivity index (χ2v) is 11.5. The number of Topliss-reactive ketones (excluding diaryl/α,β-unsaturated/α-hetero) is 1. The van der Waals surface area contributed by atoms with Crippen molar-refractivity contribution in [1.29, 1.82) is 0 Å². The topological polar surface area (TPSA) is 254 Å². The molecule has 0 aliphatic carbocycles. The molecule has 2 aliphatic heterocycles. The molecule has 0 aromatic rings. The fourth-order valence-corrected chi connectivity index (χ4v) is 4.88. The number of rotatable bonds is 19. The average Bonchev–Trinajstić information content (AvgIpc) is 3.01. The average molecular weight is 666 g/mol. The minimum atomic E-state index is -1.50. The summed E-state index contributed by atoms with van der Waals surface area (Å²) in [6, 6.07) is 0. The van der Waals surface area contributed by atoms with Gasteiger partial charge in [0.25, 0.3) is 0 Å². The van der Waals surface area contributed by atoms with E-state index in [0.29, 0.717) is 25.7 Å². The number of nitrogens with one attached hydrogen (secondary N) is 2. The van der Waals surface area contributed by atoms with Crippen LogP contribution >= 0.6 is 0 Å². The van der Waals surface area contributed by atoms with Crippen molar-refractivity contribution in [2.45, 2.75) is 121 Å². The smallest absolute Gasteiger partial charge is 0.239 e. The predicted molar refractivity (Wildman–Crippen MR) is 158 cm³/mol. The maximum Gasteiger partial charge on any atom is 0.239 e. The molecule has 0 unspecified atom stereocenters. The Morgan fingerprint density at radius 1 is 0.652 bits per heavy atom. The Morgan fingerprint density at radius 3 is 1.52 bits per heavy atom. The molecule has 2 fully saturated rings. The van der Waals surface area contributed by atoms with Crippen molar-refractivity contribution in [2.24, 2.45) is 0 Å². The number of unbranched alkanes of at least 4 members (excludes halogenated alkanes) is 1. The maximum atomic E-state index is 13.0. The van der Waals surface area contributed by atoms with Crippen LogP contribution < -0.4 is 10.6 Å². The highest BCUT2D eigenvalue weighted by molar-refractivity contribution is 5.89. The summed E-state index contributed by atoms with van der Waals surface area (Å²) in [5, 5.41) is 64.5. The van der Waals surface area contributed by atoms with Crippen LogP contribution in [0.25, 0.3) is 0 Å². The summed E-state index contributed by atoms with van der Waals surface area (Å²) in [5.74, 6) is -1.56. The fraction of sp³-hybridized carbons (Fsp3) is 0.862. The zero-order chi connectivity index (χ0) is 34.4. The van der Waals surface area contributed by atoms with Crippen molar-refractivity contribution < 1.29 is 68.8 Å². The Kier molecular flexibility index (Phi) is 17.4. The van der Waals surface area contributed by atoms with E-state index >= 15 is 0 Å². The van der Waals surface area contributed by atoms with Gasteiger partial charge in [-0.1, -0.05) is 6.92 Å². The summed E-state index contributed by atoms with van der Waals surface area (Å²) in [6.07, 6.45) is -10.1. The zero-order valence-electron chi connectivity index (χ0n) is 26.7. The van der Waals surface area contributed by atoms with Crippen molar-refractivity contribution in [3.05, 3.63) is 0 Å². The molecule has 46 heavy (non-hydrogen) atoms. The van der Waals surface area contributed by atoms with Crippen molar-refractivity contribution in [3.8, 4) is 0 Å². The van der Waals surface area contributed by atoms with Gasteiger partial charge in [0.1, 0.15) is 55.5 Å². The summed E-state index contributed by atoms with van der Waals surface area (Å²) in [6.45, 7) is 3.64. The van der Waals surface area contributed by atoms with E-state index in [1.54, 1.807) is 0 Å². The monoisotopic (exact) mass is 665 g/mol. The molecular weight excluding hydrogens is 614 g/mol. The molecule has 17 nitrogen and oxygen atoms in total. The Balaban J connectivity index is 1.83. The molecule has 2 saturated heterocycles. The fourth-order valence-electron chi connectivity index (χ4n) is 4.88. The SMILES string of the molecule is CCCC(=O)CCCCC(=O)N(CC(=O)NCCO[C@@H]1O[C@@H](C)[C@@H](O)[C@@H](O)[C@@H]1O)CC(=O)NCCO[C@@H]1O[C@@H](C)[C@@H](O)[C@@H](O)[C@@H]1O. The van der Waals surface area contributed by atoms with Crippen LogP contribution in [0.4, 0.5) is 0 Å². The number of amides is 3. The van der Waals surface area contributed by atoms with Gasteiger partial charge in [-0.25, -0.2) is 0 Å². The van der Waals surface area contributed by atoms with Crippen molar-refractivity contribution in [3.63, 3.8) is 0 Å². The lowest BCUT2D eigenvalue weighted by atomic mass is 10.0. The third-order valence-electron chi connectivity index (χ3n) is 7.68. The largest absolute Gasteiger partial charge is 0.388 e. The molecule has 2 aliphatic rings. The van der Waals surface area contributed by atoms with Crippen LogP contribution in [-0.4, -0.2) is 160 Å². The number of ketones is 1. The minimum absolute atomic E-state index is 0.0126. The van der Waals surface area contributed by atoms with Gasteiger partial charge in [0.05, 0.1) is 25.4 Å². The van der Waals surface area contributed by atoms with Gasteiger partial charge in [0, 0.05) is 32.4 Å². The van der Waals surface area contributed by atoms with Gasteiger partial charge in [-0.15, -0.1) is 0 Å². The number of ether oxygens (including phenoxy) is 4. The standard InChI is InChI=1S/C29H51N3O14/c1-4-7-18(33)8-5-6-9-21(36)32(14-19(34)30-10-12-43-28-26(41)24(39)22(37)16(2)45-28)15-20(35)31-11-13-44-29-27(42)25(40)23(38)17(3)46-29/h16-17,22-29,37-42H,4-15H2,1-3H3,(H,30,34)(H,31,35)/t16-,17-,22+,23+,24+,25+,26-,27-,28+,29+/m0/s1. The summed E-state index contributed by atoms with van der Waals surface area (Å²) in [5.41, 5.74) is 0. The third kappa shape index (κ3) is 12.7. The van der Waals surface area contributed by atoms with Crippen LogP contribution in [0, 0.1) is 0 Å². The van der Waals surface area contributed by atoms with Crippen LogP contribution in [0.5, 0.6) is 0 Å². The molecule has 0 spiro atoms. The molecule has 266 valence electrons. The molecule has 0 aromatic heterocycles. The number of hydrogen-bond donors (Lipinski definition) is 8. The van der Waals surface area contributed by atoms with Gasteiger partial charge in [0.2, 0.25) is 17.7 Å². The maximum absolute atomic E-state index is 13.0. The summed E-state index contributed by atoms with van der Waals surface area (Å²) < 4.78 is 21.4. The van der Waals surface area contributed by atoms with Crippen LogP contribution in [0.2, 0.25) is 0 Å². The van der Waals surface area contributed by atoms with E-state index in [2.05, 4.69) is 10.6 Å². The van der Waals surface area contributed by atoms with Crippen LogP contribution in [-0.2, 0) is 38.1 Å². The van der Waals surface area contributed by atoms with Gasteiger partial charge < -0.3 is 65.1 Å². The molecule has 2 heterocycles. The van der Waals surface area contributed by atoms with Crippen molar-refractivity contribution in [1.82, 2.24) is 15.5 Å². The number of nitrogens with zero attached hydrogens (tertiary/aromatic N) is 1. The molecule has 0 bridgehead atoms. The number of aliphatic hydroxyl groups is 6. The van der Waals surface area contributed by atoms with Crippen LogP contribution in [0.15, 0.2) is 0 Å². The van der Waals surface area contributed by atoms with E-state index in [4.69, 9.17) is 18.9 Å². The number of carbonyl (C=O) groups excluding carboxylic acids is 4. The second kappa shape index (κ2) is 20.1. The zero-order valence-corrected chi connectivity index (χ0v) is 26.7. The van der Waals surface area contributed by atoms with Crippen molar-refractivity contribution >= 4 is 23.5 Å². The molecule has 0 aromatic carbocycles. The highest BCUT2D eigenvalue weighted by Crippen LogP contribution is 2.22. The molecule has 17 heteroatoms. The first-order valence-electron chi connectivity index (χ1n) is 15.7. The van der Waals surface area contributed by atoms with Gasteiger partial charge >= 0.3 is 0 Å². The molecule has 8 N–H and O–H groups in total. The number of carbonyl (C=O) groups is 4. The van der Waals surface area contributed by atoms with E-state index in [-0.39, 0.29) is 38.5 Å². The van der Waals surface area contributed by atoms with Crippen LogP contribution in [0.1, 0.15) is 59.3 Å². The molecule has 0 saturated carbocycles. The minimum Gasteiger partial charge on any atom is -0.388 e. The lowest BCUT2D eigenvalue weighted by molar-refractivity contribution is -0.292. The molecule has 2 rings (SSSR count). The van der Waals surface area contributed by atoms with E-state index in [1.807, 2.05) is 6.92 Å². The van der Waals surface area contributed by atoms with Gasteiger partial charge in [-0.2, -0.15) is 0 Å². The first kappa shape index (κ1) is 39.9. The Bertz CT molecular complexity index is 917. The highest BCUT2D eigenvalue weighted by Gasteiger charge is 2.43. The summed E-state index contributed by atoms with van der Waals surface area (Å²) >= 11 is 0. The lowest BCUT2D eigenvalue weighted by Crippen LogP contribution is -2.57. The molecular formula is C29H51N3O14. The van der Waals surface area contributed by atoms with Crippen LogP contribution in [0.3, 0.4) is 0 Å². The number of hydrogen-bond acceptors (Lipinski definition) is 14. The summed E-state index contributed by atoms with van der Waals surface area (Å²) in [4.78, 5) is 51.1. The number of aliphatic hydroxyl groups excluding tert-OH is 6. The normalized spacial score (nSPS) is 31.2. The van der Waals surface area contributed by atoms with E-state index in [9.17, 15) is 49.8 Å². The third-order valence-corrected chi connectivity index (χ3v) is 7.68. The quantitative estimate of drug-likeness (QED) is 0.0629. The van der Waals surface area contributed by atoms with E-state index < -0.39 is 92.2 Å². The predicted octanol–water partition coefficient (Wildman–Crippen LogP) is -3.33. The van der Waals surface area contributed by atoms with E-state index in [1.165, 1.54) is 13.8 Å². The van der Waals surface area contributed by atoms with Gasteiger partial charge in [-0.05, 0) is 33.1 Å². The Morgan fingerprint density at radius 2 is 1.09 bits per heavy atom.